The van der Waals surface area contributed by atoms with E-state index >= 15 is 0 Å². The van der Waals surface area contributed by atoms with Crippen molar-refractivity contribution in [3.63, 3.8) is 0 Å². The summed E-state index contributed by atoms with van der Waals surface area (Å²) in [4.78, 5) is 21.2. The minimum atomic E-state index is -0.190. The van der Waals surface area contributed by atoms with E-state index in [0.717, 1.165) is 15.4 Å². The number of thiophene rings is 1. The van der Waals surface area contributed by atoms with Gasteiger partial charge in [-0.3, -0.25) is 9.79 Å². The molecular weight excluding hydrogens is 407 g/mol. The zero-order chi connectivity index (χ0) is 18.1. The zero-order valence-electron chi connectivity index (χ0n) is 13.8. The Bertz CT molecular complexity index is 734. The summed E-state index contributed by atoms with van der Waals surface area (Å²) in [5.41, 5.74) is 4.63. The van der Waals surface area contributed by atoms with E-state index in [9.17, 15) is 4.79 Å². The van der Waals surface area contributed by atoms with Gasteiger partial charge in [0, 0.05) is 29.1 Å². The van der Waals surface area contributed by atoms with Crippen LogP contribution < -0.4 is 0 Å². The van der Waals surface area contributed by atoms with E-state index in [1.165, 1.54) is 23.6 Å². The van der Waals surface area contributed by atoms with Gasteiger partial charge in [0.2, 0.25) is 5.91 Å². The Kier molecular flexibility index (Phi) is 9.49. The predicted molar refractivity (Wildman–Crippen MR) is 102 cm³/mol. The van der Waals surface area contributed by atoms with Gasteiger partial charge in [0.1, 0.15) is 0 Å². The number of hydrogen-bond donors (Lipinski definition) is 0. The second-order valence-corrected chi connectivity index (χ2v) is 8.04. The third-order valence-electron chi connectivity index (χ3n) is 2.98. The predicted octanol–water partition coefficient (Wildman–Crippen LogP) is 5.77. The van der Waals surface area contributed by atoms with E-state index in [2.05, 4.69) is 42.9 Å². The third-order valence-corrected chi connectivity index (χ3v) is 3.93. The number of halogens is 2. The number of nitrogens with zero attached hydrogens (tertiary/aromatic N) is 2. The molecule has 0 radical (unpaired) electrons. The number of benzene rings is 1. The van der Waals surface area contributed by atoms with Crippen LogP contribution in [-0.2, 0) is 17.9 Å². The molecule has 0 aliphatic rings. The number of carbonyl (C=O) groups excluding carboxylic acids is 1. The van der Waals surface area contributed by atoms with Crippen molar-refractivity contribution < 1.29 is 17.9 Å². The van der Waals surface area contributed by atoms with Crippen molar-refractivity contribution in [2.45, 2.75) is 27.7 Å². The van der Waals surface area contributed by atoms with E-state index in [1.54, 1.807) is 17.6 Å². The standard InChI is InChI=1S/C17H18N2OS.2ClH.Fe/c1-11-7-12(2)17(13(3)8-11)19-10-16-6-5-15(21-16)9-18-14(4)20;;;/h5-10H,1-4H3;2*1H;/q;;;+2/p-2. The molecule has 2 rings (SSSR count). The molecule has 0 aliphatic heterocycles. The molecule has 1 heterocycles. The number of amides is 1. The van der Waals surface area contributed by atoms with Gasteiger partial charge in [-0.1, -0.05) is 17.7 Å². The summed E-state index contributed by atoms with van der Waals surface area (Å²) < 4.78 is 0. The van der Waals surface area contributed by atoms with Crippen LogP contribution in [0, 0.1) is 20.8 Å². The van der Waals surface area contributed by atoms with Gasteiger partial charge >= 0.3 is 33.3 Å². The van der Waals surface area contributed by atoms with Crippen molar-refractivity contribution in [2.24, 2.45) is 9.98 Å². The number of rotatable bonds is 3. The first kappa shape index (κ1) is 21.1. The van der Waals surface area contributed by atoms with Gasteiger partial charge in [0.15, 0.2) is 0 Å². The van der Waals surface area contributed by atoms with Gasteiger partial charge in [-0.25, -0.2) is 4.99 Å². The number of carbonyl (C=O) groups is 1. The molecule has 0 saturated carbocycles. The molecule has 1 aromatic carbocycles. The van der Waals surface area contributed by atoms with Gasteiger partial charge in [-0.05, 0) is 44.0 Å². The molecule has 1 amide bonds. The van der Waals surface area contributed by atoms with Crippen LogP contribution in [0.4, 0.5) is 5.69 Å². The van der Waals surface area contributed by atoms with E-state index in [4.69, 9.17) is 20.2 Å². The molecule has 0 atom stereocenters. The molecule has 0 spiro atoms. The van der Waals surface area contributed by atoms with Crippen LogP contribution >= 0.6 is 31.5 Å². The fourth-order valence-electron chi connectivity index (χ4n) is 2.17. The number of aliphatic imine (C=N–C) groups is 2. The average Bonchev–Trinajstić information content (AvgIpc) is 2.93. The van der Waals surface area contributed by atoms with Crippen LogP contribution in [0.3, 0.4) is 0 Å². The van der Waals surface area contributed by atoms with Crippen molar-refractivity contribution in [2.75, 3.05) is 0 Å². The first-order chi connectivity index (χ1) is 11.4. The van der Waals surface area contributed by atoms with E-state index in [1.807, 2.05) is 18.3 Å². The maximum absolute atomic E-state index is 10.8. The fourth-order valence-corrected chi connectivity index (χ4v) is 2.92. The molecule has 0 saturated heterocycles. The average molecular weight is 425 g/mol. The Morgan fingerprint density at radius 2 is 1.58 bits per heavy atom. The summed E-state index contributed by atoms with van der Waals surface area (Å²) in [5, 5.41) is 0. The summed E-state index contributed by atoms with van der Waals surface area (Å²) in [7, 11) is 9.53. The Morgan fingerprint density at radius 1 is 1.08 bits per heavy atom. The Hall–Kier alpha value is -0.971. The fraction of sp³-hybridized carbons (Fsp3) is 0.235. The van der Waals surface area contributed by atoms with Crippen molar-refractivity contribution in [3.05, 3.63) is 50.7 Å². The normalized spacial score (nSPS) is 11.1. The van der Waals surface area contributed by atoms with Crippen LogP contribution in [-0.4, -0.2) is 18.3 Å². The SMILES string of the molecule is CC(=O)N=Cc1ccc(C=Nc2c(C)cc(C)cc2C)s1.[Cl][Fe][Cl]. The van der Waals surface area contributed by atoms with E-state index < -0.39 is 0 Å². The van der Waals surface area contributed by atoms with Crippen LogP contribution in [0.25, 0.3) is 0 Å². The zero-order valence-corrected chi connectivity index (χ0v) is 17.2. The maximum atomic E-state index is 10.8. The molecule has 7 heteroatoms. The molecule has 0 aliphatic carbocycles. The van der Waals surface area contributed by atoms with Crippen molar-refractivity contribution in [1.82, 2.24) is 0 Å². The molecule has 0 bridgehead atoms. The number of aryl methyl sites for hydroxylation is 3. The van der Waals surface area contributed by atoms with Crippen molar-refractivity contribution in [3.8, 4) is 0 Å². The van der Waals surface area contributed by atoms with Crippen LogP contribution in [0.15, 0.2) is 34.3 Å². The second kappa shape index (κ2) is 10.8. The Balaban J connectivity index is 0.000000891. The molecule has 130 valence electrons. The quantitative estimate of drug-likeness (QED) is 0.455. The van der Waals surface area contributed by atoms with Gasteiger partial charge in [0.05, 0.1) is 5.69 Å². The Labute approximate surface area is 161 Å². The monoisotopic (exact) mass is 424 g/mol. The number of hydrogen-bond acceptors (Lipinski definition) is 3. The summed E-state index contributed by atoms with van der Waals surface area (Å²) in [6.45, 7) is 7.68. The molecule has 0 N–H and O–H groups in total. The molecule has 24 heavy (non-hydrogen) atoms. The first-order valence-electron chi connectivity index (χ1n) is 6.99. The van der Waals surface area contributed by atoms with E-state index in [0.29, 0.717) is 0 Å². The van der Waals surface area contributed by atoms with Crippen molar-refractivity contribution in [1.29, 1.82) is 0 Å². The topological polar surface area (TPSA) is 41.8 Å². The molecule has 0 fully saturated rings. The van der Waals surface area contributed by atoms with E-state index in [-0.39, 0.29) is 19.0 Å². The van der Waals surface area contributed by atoms with Crippen LogP contribution in [0.5, 0.6) is 0 Å². The molecule has 1 aromatic heterocycles. The van der Waals surface area contributed by atoms with Gasteiger partial charge in [-0.15, -0.1) is 11.3 Å². The summed E-state index contributed by atoms with van der Waals surface area (Å²) in [5.74, 6) is -0.190. The van der Waals surface area contributed by atoms with Crippen LogP contribution in [0.2, 0.25) is 0 Å². The molecule has 2 aromatic rings. The molecular formula is C17H18Cl2FeN2OS. The first-order valence-corrected chi connectivity index (χ1v) is 10.8. The van der Waals surface area contributed by atoms with Gasteiger partial charge in [-0.2, -0.15) is 0 Å². The van der Waals surface area contributed by atoms with Crippen molar-refractivity contribution >= 4 is 55.6 Å². The summed E-state index contributed by atoms with van der Waals surface area (Å²) in [6, 6.07) is 8.19. The second-order valence-electron chi connectivity index (χ2n) is 5.07. The summed E-state index contributed by atoms with van der Waals surface area (Å²) in [6.07, 6.45) is 3.45. The van der Waals surface area contributed by atoms with Gasteiger partial charge in [0.25, 0.3) is 0 Å². The summed E-state index contributed by atoms with van der Waals surface area (Å²) >= 11 is 1.75. The third kappa shape index (κ3) is 7.29. The molecule has 0 unspecified atom stereocenters. The Morgan fingerprint density at radius 3 is 2.08 bits per heavy atom. The minimum absolute atomic E-state index is 0.190. The van der Waals surface area contributed by atoms with Gasteiger partial charge < -0.3 is 0 Å². The molecule has 3 nitrogen and oxygen atoms in total. The van der Waals surface area contributed by atoms with Crippen LogP contribution in [0.1, 0.15) is 33.4 Å².